The van der Waals surface area contributed by atoms with Crippen LogP contribution in [0.2, 0.25) is 15.1 Å². The van der Waals surface area contributed by atoms with Gasteiger partial charge in [0.2, 0.25) is 5.91 Å². The number of halogens is 6. The van der Waals surface area contributed by atoms with E-state index in [1.54, 1.807) is 13.8 Å². The van der Waals surface area contributed by atoms with Gasteiger partial charge in [-0.3, -0.25) is 10.2 Å². The highest BCUT2D eigenvalue weighted by Gasteiger charge is 2.62. The number of hydrogen-bond donors (Lipinski definition) is 2. The van der Waals surface area contributed by atoms with Crippen molar-refractivity contribution in [3.63, 3.8) is 0 Å². The lowest BCUT2D eigenvalue weighted by molar-refractivity contribution is -0.275. The Morgan fingerprint density at radius 2 is 1.80 bits per heavy atom. The highest BCUT2D eigenvalue weighted by molar-refractivity contribution is 6.35. The molecule has 7 nitrogen and oxygen atoms in total. The number of nitrogens with zero attached hydrogens (tertiary/aromatic N) is 2. The third-order valence-electron chi connectivity index (χ3n) is 5.06. The van der Waals surface area contributed by atoms with Gasteiger partial charge in [-0.25, -0.2) is 4.79 Å². The SMILES string of the molecule is CC(C)CC(=O)NN(C(=O)O)c1cc(C2=NOC(c3cc(Cl)cc(Cl)c3)(C(F)(F)F)C2)ccc1Cl. The van der Waals surface area contributed by atoms with E-state index < -0.39 is 30.2 Å². The van der Waals surface area contributed by atoms with Crippen LogP contribution in [0.3, 0.4) is 0 Å². The van der Waals surface area contributed by atoms with E-state index in [2.05, 4.69) is 10.6 Å². The van der Waals surface area contributed by atoms with Gasteiger partial charge in [-0.1, -0.05) is 59.9 Å². The molecule has 1 aliphatic heterocycles. The maximum Gasteiger partial charge on any atom is 0.435 e. The molecular weight excluding hydrogens is 534 g/mol. The monoisotopic (exact) mass is 551 g/mol. The fourth-order valence-electron chi connectivity index (χ4n) is 3.46. The molecule has 0 bridgehead atoms. The zero-order chi connectivity index (χ0) is 26.1. The lowest BCUT2D eigenvalue weighted by Gasteiger charge is -2.29. The topological polar surface area (TPSA) is 91.2 Å². The number of hydrazine groups is 1. The van der Waals surface area contributed by atoms with Crippen LogP contribution in [-0.4, -0.2) is 29.0 Å². The second kappa shape index (κ2) is 10.1. The molecule has 0 spiro atoms. The molecule has 2 aromatic rings. The van der Waals surface area contributed by atoms with Crippen molar-refractivity contribution >= 4 is 58.2 Å². The van der Waals surface area contributed by atoms with Gasteiger partial charge in [-0.15, -0.1) is 0 Å². The van der Waals surface area contributed by atoms with E-state index in [1.807, 2.05) is 0 Å². The molecule has 1 heterocycles. The molecule has 13 heteroatoms. The molecule has 0 saturated heterocycles. The van der Waals surface area contributed by atoms with Crippen molar-refractivity contribution in [2.24, 2.45) is 11.1 Å². The first-order chi connectivity index (χ1) is 16.2. The molecule has 35 heavy (non-hydrogen) atoms. The predicted octanol–water partition coefficient (Wildman–Crippen LogP) is 6.79. The number of hydrogen-bond acceptors (Lipinski definition) is 4. The number of carboxylic acid groups (broad SMARTS) is 1. The summed E-state index contributed by atoms with van der Waals surface area (Å²) in [6, 6.07) is 7.30. The third-order valence-corrected chi connectivity index (χ3v) is 5.81. The van der Waals surface area contributed by atoms with E-state index >= 15 is 0 Å². The van der Waals surface area contributed by atoms with Crippen LogP contribution in [-0.2, 0) is 15.2 Å². The van der Waals surface area contributed by atoms with Crippen LogP contribution in [0.25, 0.3) is 0 Å². The molecule has 2 N–H and O–H groups in total. The number of nitrogens with one attached hydrogen (secondary N) is 1. The quantitative estimate of drug-likeness (QED) is 0.400. The van der Waals surface area contributed by atoms with Crippen LogP contribution in [0.1, 0.15) is 37.8 Å². The van der Waals surface area contributed by atoms with E-state index in [0.29, 0.717) is 5.01 Å². The first-order valence-electron chi connectivity index (χ1n) is 10.1. The first-order valence-corrected chi connectivity index (χ1v) is 11.3. The molecule has 3 rings (SSSR count). The fourth-order valence-corrected chi connectivity index (χ4v) is 4.19. The summed E-state index contributed by atoms with van der Waals surface area (Å²) in [5, 5.41) is 13.7. The predicted molar refractivity (Wildman–Crippen MR) is 126 cm³/mol. The molecule has 0 aromatic heterocycles. The third kappa shape index (κ3) is 5.76. The van der Waals surface area contributed by atoms with Crippen molar-refractivity contribution in [2.75, 3.05) is 5.01 Å². The minimum Gasteiger partial charge on any atom is -0.463 e. The average Bonchev–Trinajstić information content (AvgIpc) is 3.18. The molecular formula is C22H19Cl3F3N3O4. The van der Waals surface area contributed by atoms with Crippen LogP contribution >= 0.6 is 34.8 Å². The second-order valence-electron chi connectivity index (χ2n) is 8.21. The molecule has 1 aliphatic rings. The van der Waals surface area contributed by atoms with Crippen molar-refractivity contribution in [3.05, 3.63) is 62.6 Å². The van der Waals surface area contributed by atoms with Gasteiger partial charge in [-0.05, 0) is 36.2 Å². The number of carbonyl (C=O) groups is 2. The molecule has 1 unspecified atom stereocenters. The van der Waals surface area contributed by atoms with E-state index in [-0.39, 0.29) is 49.9 Å². The molecule has 1 atom stereocenters. The van der Waals surface area contributed by atoms with Gasteiger partial charge in [-0.2, -0.15) is 18.2 Å². The number of oxime groups is 1. The second-order valence-corrected chi connectivity index (χ2v) is 9.49. The minimum atomic E-state index is -4.90. The van der Waals surface area contributed by atoms with Gasteiger partial charge in [0.05, 0.1) is 16.4 Å². The van der Waals surface area contributed by atoms with Gasteiger partial charge in [0, 0.05) is 34.0 Å². The molecule has 2 amide bonds. The summed E-state index contributed by atoms with van der Waals surface area (Å²) in [4.78, 5) is 28.9. The average molecular weight is 553 g/mol. The Balaban J connectivity index is 1.98. The van der Waals surface area contributed by atoms with Crippen LogP contribution in [0, 0.1) is 5.92 Å². The van der Waals surface area contributed by atoms with Crippen LogP contribution < -0.4 is 10.4 Å². The number of anilines is 1. The Bertz CT molecular complexity index is 1170. The maximum absolute atomic E-state index is 14.2. The Kier molecular flexibility index (Phi) is 7.78. The zero-order valence-electron chi connectivity index (χ0n) is 18.3. The van der Waals surface area contributed by atoms with E-state index in [4.69, 9.17) is 39.6 Å². The highest BCUT2D eigenvalue weighted by Crippen LogP contribution is 2.50. The maximum atomic E-state index is 14.2. The Hall–Kier alpha value is -2.69. The van der Waals surface area contributed by atoms with Crippen LogP contribution in [0.15, 0.2) is 41.6 Å². The lowest BCUT2D eigenvalue weighted by atomic mass is 9.86. The van der Waals surface area contributed by atoms with Crippen molar-refractivity contribution < 1.29 is 32.7 Å². The van der Waals surface area contributed by atoms with Gasteiger partial charge in [0.25, 0.3) is 5.60 Å². The number of benzene rings is 2. The van der Waals surface area contributed by atoms with E-state index in [9.17, 15) is 27.9 Å². The zero-order valence-corrected chi connectivity index (χ0v) is 20.6. The summed E-state index contributed by atoms with van der Waals surface area (Å²) >= 11 is 18.0. The van der Waals surface area contributed by atoms with Crippen molar-refractivity contribution in [1.29, 1.82) is 0 Å². The Labute approximate surface area is 213 Å². The van der Waals surface area contributed by atoms with Gasteiger partial charge in [0.1, 0.15) is 0 Å². The number of alkyl halides is 3. The number of rotatable bonds is 5. The Morgan fingerprint density at radius 1 is 1.17 bits per heavy atom. The molecule has 188 valence electrons. The van der Waals surface area contributed by atoms with E-state index in [0.717, 1.165) is 12.1 Å². The summed E-state index contributed by atoms with van der Waals surface area (Å²) in [7, 11) is 0. The van der Waals surface area contributed by atoms with Gasteiger partial charge < -0.3 is 9.94 Å². The van der Waals surface area contributed by atoms with Crippen LogP contribution in [0.4, 0.5) is 23.7 Å². The normalized spacial score (nSPS) is 17.7. The van der Waals surface area contributed by atoms with Crippen molar-refractivity contribution in [1.82, 2.24) is 5.43 Å². The largest absolute Gasteiger partial charge is 0.463 e. The fraction of sp³-hybridized carbons (Fsp3) is 0.318. The summed E-state index contributed by atoms with van der Waals surface area (Å²) in [5.74, 6) is -0.632. The van der Waals surface area contributed by atoms with Gasteiger partial charge >= 0.3 is 12.3 Å². The standard InChI is InChI=1S/C22H19Cl3F3N3O4/c1-11(2)5-19(32)29-31(20(33)34)18-6-12(3-4-16(18)25)17-10-21(35-30-17,22(26,27)28)13-7-14(23)9-15(24)8-13/h3-4,6-9,11H,5,10H2,1-2H3,(H,29,32)(H,33,34). The summed E-state index contributed by atoms with van der Waals surface area (Å²) < 4.78 is 42.7. The lowest BCUT2D eigenvalue weighted by Crippen LogP contribution is -2.46. The van der Waals surface area contributed by atoms with Crippen molar-refractivity contribution in [2.45, 2.75) is 38.5 Å². The summed E-state index contributed by atoms with van der Waals surface area (Å²) in [6.45, 7) is 3.55. The minimum absolute atomic E-state index is 0.0174. The van der Waals surface area contributed by atoms with Crippen molar-refractivity contribution in [3.8, 4) is 0 Å². The molecule has 0 radical (unpaired) electrons. The first kappa shape index (κ1) is 26.9. The number of carbonyl (C=O) groups excluding carboxylic acids is 1. The smallest absolute Gasteiger partial charge is 0.435 e. The van der Waals surface area contributed by atoms with E-state index in [1.165, 1.54) is 24.3 Å². The van der Waals surface area contributed by atoms with Gasteiger partial charge in [0.15, 0.2) is 0 Å². The molecule has 0 saturated carbocycles. The Morgan fingerprint density at radius 3 is 2.34 bits per heavy atom. The molecule has 0 fully saturated rings. The number of amides is 2. The highest BCUT2D eigenvalue weighted by atomic mass is 35.5. The summed E-state index contributed by atoms with van der Waals surface area (Å²) in [6.07, 6.45) is -7.16. The molecule has 2 aromatic carbocycles. The van der Waals surface area contributed by atoms with Crippen LogP contribution in [0.5, 0.6) is 0 Å². The molecule has 0 aliphatic carbocycles. The summed E-state index contributed by atoms with van der Waals surface area (Å²) in [5.41, 5.74) is -1.18.